The van der Waals surface area contributed by atoms with Crippen molar-refractivity contribution in [3.8, 4) is 6.07 Å². The van der Waals surface area contributed by atoms with Gasteiger partial charge >= 0.3 is 0 Å². The molecule has 0 N–H and O–H groups in total. The summed E-state index contributed by atoms with van der Waals surface area (Å²) in [5.41, 5.74) is 0. The van der Waals surface area contributed by atoms with Crippen LogP contribution in [0.1, 0.15) is 13.3 Å². The first-order valence-corrected chi connectivity index (χ1v) is 4.47. The minimum absolute atomic E-state index is 0.0229. The molecule has 1 heterocycles. The zero-order valence-electron chi connectivity index (χ0n) is 6.96. The number of amides is 1. The van der Waals surface area contributed by atoms with Crippen molar-refractivity contribution in [3.63, 3.8) is 0 Å². The molecule has 0 radical (unpaired) electrons. The molecular weight excluding hydrogens is 176 g/mol. The highest BCUT2D eigenvalue weighted by atomic mass is 35.5. The van der Waals surface area contributed by atoms with Crippen LogP contribution < -0.4 is 0 Å². The van der Waals surface area contributed by atoms with Crippen molar-refractivity contribution in [3.05, 3.63) is 0 Å². The quantitative estimate of drug-likeness (QED) is 0.574. The van der Waals surface area contributed by atoms with Crippen molar-refractivity contribution in [2.24, 2.45) is 5.92 Å². The van der Waals surface area contributed by atoms with Crippen molar-refractivity contribution in [1.82, 2.24) is 4.90 Å². The lowest BCUT2D eigenvalue weighted by Gasteiger charge is -2.17. The molecule has 0 aromatic carbocycles. The smallest absolute Gasteiger partial charge is 0.238 e. The second kappa shape index (κ2) is 3.77. The van der Waals surface area contributed by atoms with Gasteiger partial charge in [0.15, 0.2) is 0 Å². The molecule has 3 nitrogen and oxygen atoms in total. The van der Waals surface area contributed by atoms with Crippen LogP contribution in [0.4, 0.5) is 0 Å². The molecule has 0 aliphatic carbocycles. The van der Waals surface area contributed by atoms with Gasteiger partial charge in [0.2, 0.25) is 5.91 Å². The highest BCUT2D eigenvalue weighted by molar-refractivity contribution is 6.27. The molecule has 1 rings (SSSR count). The van der Waals surface area contributed by atoms with Crippen molar-refractivity contribution in [2.45, 2.75) is 19.4 Å². The largest absolute Gasteiger partial charge is 0.325 e. The summed E-state index contributed by atoms with van der Waals surface area (Å²) in [6.45, 7) is 2.70. The van der Waals surface area contributed by atoms with Crippen molar-refractivity contribution < 1.29 is 4.79 Å². The topological polar surface area (TPSA) is 44.1 Å². The summed E-state index contributed by atoms with van der Waals surface area (Å²) in [7, 11) is 0. The Bertz CT molecular complexity index is 224. The van der Waals surface area contributed by atoms with E-state index < -0.39 is 0 Å². The van der Waals surface area contributed by atoms with E-state index in [1.807, 2.05) is 6.92 Å². The summed E-state index contributed by atoms with van der Waals surface area (Å²) in [6.07, 6.45) is 0.777. The summed E-state index contributed by atoms with van der Waals surface area (Å²) in [6, 6.07) is 1.85. The van der Waals surface area contributed by atoms with Crippen LogP contribution in [0.3, 0.4) is 0 Å². The van der Waals surface area contributed by atoms with E-state index in [1.54, 1.807) is 4.90 Å². The van der Waals surface area contributed by atoms with E-state index in [9.17, 15) is 4.79 Å². The van der Waals surface area contributed by atoms with Crippen LogP contribution in [0.2, 0.25) is 0 Å². The first kappa shape index (κ1) is 9.34. The predicted molar refractivity (Wildman–Crippen MR) is 45.6 cm³/mol. The molecule has 1 aliphatic rings. The number of likely N-dealkylation sites (tertiary alicyclic amines) is 1. The lowest BCUT2D eigenvalue weighted by Crippen LogP contribution is -2.35. The average molecular weight is 187 g/mol. The molecule has 0 saturated carbocycles. The Morgan fingerprint density at radius 3 is 3.00 bits per heavy atom. The molecule has 1 aliphatic heterocycles. The normalized spacial score (nSPS) is 28.6. The standard InChI is InChI=1S/C8H11ClN2O/c1-6-2-7(4-10)11(5-6)8(12)3-9/h6-7H,2-3,5H2,1H3/t6?,7-/m0/s1. The van der Waals surface area contributed by atoms with Crippen LogP contribution in [-0.2, 0) is 4.79 Å². The number of carbonyl (C=O) groups is 1. The van der Waals surface area contributed by atoms with Crippen molar-refractivity contribution in [2.75, 3.05) is 12.4 Å². The maximum absolute atomic E-state index is 11.2. The van der Waals surface area contributed by atoms with Crippen LogP contribution in [0.25, 0.3) is 0 Å². The first-order chi connectivity index (χ1) is 5.69. The van der Waals surface area contributed by atoms with E-state index in [0.717, 1.165) is 6.42 Å². The van der Waals surface area contributed by atoms with Gasteiger partial charge in [-0.15, -0.1) is 11.6 Å². The minimum atomic E-state index is -0.258. The van der Waals surface area contributed by atoms with Gasteiger partial charge in [-0.1, -0.05) is 6.92 Å². The monoisotopic (exact) mass is 186 g/mol. The number of halogens is 1. The molecule has 66 valence electrons. The Hall–Kier alpha value is -0.750. The molecule has 4 heteroatoms. The third-order valence-electron chi connectivity index (χ3n) is 2.09. The van der Waals surface area contributed by atoms with E-state index in [4.69, 9.17) is 16.9 Å². The maximum Gasteiger partial charge on any atom is 0.238 e. The summed E-state index contributed by atoms with van der Waals surface area (Å²) in [5, 5.41) is 8.71. The van der Waals surface area contributed by atoms with E-state index in [1.165, 1.54) is 0 Å². The van der Waals surface area contributed by atoms with Gasteiger partial charge in [0.1, 0.15) is 11.9 Å². The third kappa shape index (κ3) is 1.70. The summed E-state index contributed by atoms with van der Waals surface area (Å²) < 4.78 is 0. The Morgan fingerprint density at radius 1 is 1.83 bits per heavy atom. The fraction of sp³-hybridized carbons (Fsp3) is 0.750. The van der Waals surface area contributed by atoms with Gasteiger partial charge in [-0.3, -0.25) is 4.79 Å². The molecule has 0 aromatic heterocycles. The molecule has 1 unspecified atom stereocenters. The summed E-state index contributed by atoms with van der Waals surface area (Å²) in [5.74, 6) is 0.264. The molecule has 2 atom stereocenters. The Kier molecular flexibility index (Phi) is 2.93. The number of carbonyl (C=O) groups excluding carboxylic acids is 1. The van der Waals surface area contributed by atoms with Gasteiger partial charge in [-0.2, -0.15) is 5.26 Å². The van der Waals surface area contributed by atoms with Gasteiger partial charge in [0, 0.05) is 6.54 Å². The zero-order valence-corrected chi connectivity index (χ0v) is 7.71. The number of hydrogen-bond acceptors (Lipinski definition) is 2. The SMILES string of the molecule is CC1C[C@@H](C#N)N(C(=O)CCl)C1. The molecule has 1 fully saturated rings. The fourth-order valence-corrected chi connectivity index (χ4v) is 1.67. The molecule has 1 amide bonds. The predicted octanol–water partition coefficient (Wildman–Crippen LogP) is 0.986. The minimum Gasteiger partial charge on any atom is -0.325 e. The van der Waals surface area contributed by atoms with Crippen LogP contribution in [0.5, 0.6) is 0 Å². The van der Waals surface area contributed by atoms with Gasteiger partial charge in [-0.05, 0) is 12.3 Å². The van der Waals surface area contributed by atoms with Crippen molar-refractivity contribution >= 4 is 17.5 Å². The fourth-order valence-electron chi connectivity index (χ4n) is 1.52. The highest BCUT2D eigenvalue weighted by Gasteiger charge is 2.32. The Labute approximate surface area is 76.9 Å². The number of nitrogens with zero attached hydrogens (tertiary/aromatic N) is 2. The molecule has 12 heavy (non-hydrogen) atoms. The Balaban J connectivity index is 2.65. The van der Waals surface area contributed by atoms with Gasteiger partial charge < -0.3 is 4.90 Å². The molecule has 0 aromatic rings. The average Bonchev–Trinajstić information content (AvgIpc) is 2.45. The number of hydrogen-bond donors (Lipinski definition) is 0. The molecule has 0 spiro atoms. The number of nitriles is 1. The van der Waals surface area contributed by atoms with Gasteiger partial charge in [0.05, 0.1) is 6.07 Å². The number of rotatable bonds is 1. The third-order valence-corrected chi connectivity index (χ3v) is 2.32. The van der Waals surface area contributed by atoms with Gasteiger partial charge in [0.25, 0.3) is 0 Å². The second-order valence-electron chi connectivity index (χ2n) is 3.17. The van der Waals surface area contributed by atoms with E-state index in [2.05, 4.69) is 6.07 Å². The Morgan fingerprint density at radius 2 is 2.50 bits per heavy atom. The molecule has 1 saturated heterocycles. The number of alkyl halides is 1. The summed E-state index contributed by atoms with van der Waals surface area (Å²) in [4.78, 5) is 12.7. The van der Waals surface area contributed by atoms with Gasteiger partial charge in [-0.25, -0.2) is 0 Å². The van der Waals surface area contributed by atoms with E-state index in [-0.39, 0.29) is 17.8 Å². The van der Waals surface area contributed by atoms with Crippen LogP contribution in [0, 0.1) is 17.2 Å². The first-order valence-electron chi connectivity index (χ1n) is 3.94. The maximum atomic E-state index is 11.2. The highest BCUT2D eigenvalue weighted by Crippen LogP contribution is 2.22. The van der Waals surface area contributed by atoms with Crippen LogP contribution in [0.15, 0.2) is 0 Å². The van der Waals surface area contributed by atoms with E-state index >= 15 is 0 Å². The van der Waals surface area contributed by atoms with Crippen LogP contribution in [-0.4, -0.2) is 29.3 Å². The second-order valence-corrected chi connectivity index (χ2v) is 3.43. The van der Waals surface area contributed by atoms with Crippen LogP contribution >= 0.6 is 11.6 Å². The van der Waals surface area contributed by atoms with E-state index in [0.29, 0.717) is 12.5 Å². The zero-order chi connectivity index (χ0) is 9.14. The van der Waals surface area contributed by atoms with Crippen molar-refractivity contribution in [1.29, 1.82) is 5.26 Å². The molecular formula is C8H11ClN2O. The summed E-state index contributed by atoms with van der Waals surface area (Å²) >= 11 is 5.40. The lowest BCUT2D eigenvalue weighted by molar-refractivity contribution is -0.128. The molecule has 0 bridgehead atoms. The lowest BCUT2D eigenvalue weighted by atomic mass is 10.1.